The van der Waals surface area contributed by atoms with E-state index in [-0.39, 0.29) is 5.78 Å². The van der Waals surface area contributed by atoms with E-state index in [0.717, 1.165) is 5.56 Å². The lowest BCUT2D eigenvalue weighted by atomic mass is 10.1. The number of ether oxygens (including phenoxy) is 1. The lowest BCUT2D eigenvalue weighted by Gasteiger charge is -2.19. The Hall–Kier alpha value is -2.11. The summed E-state index contributed by atoms with van der Waals surface area (Å²) in [7, 11) is 0. The third kappa shape index (κ3) is 6.25. The maximum Gasteiger partial charge on any atom is 0.407 e. The second-order valence-electron chi connectivity index (χ2n) is 5.88. The molecule has 6 heteroatoms. The predicted octanol–water partition coefficient (Wildman–Crippen LogP) is 2.46. The zero-order valence-electron chi connectivity index (χ0n) is 13.0. The van der Waals surface area contributed by atoms with Gasteiger partial charge in [0.15, 0.2) is 5.78 Å². The zero-order chi connectivity index (χ0) is 16.0. The van der Waals surface area contributed by atoms with Gasteiger partial charge in [-0.05, 0) is 45.7 Å². The van der Waals surface area contributed by atoms with Crippen LogP contribution in [-0.4, -0.2) is 29.0 Å². The first kappa shape index (κ1) is 16.9. The number of nitrogens with one attached hydrogen (secondary N) is 1. The second-order valence-corrected chi connectivity index (χ2v) is 5.88. The van der Waals surface area contributed by atoms with Crippen LogP contribution in [0.3, 0.4) is 0 Å². The fourth-order valence-corrected chi connectivity index (χ4v) is 1.64. The lowest BCUT2D eigenvalue weighted by Crippen LogP contribution is -2.33. The van der Waals surface area contributed by atoms with Crippen molar-refractivity contribution >= 4 is 17.7 Å². The van der Waals surface area contributed by atoms with Gasteiger partial charge in [0.05, 0.1) is 0 Å². The number of ketones is 1. The van der Waals surface area contributed by atoms with Gasteiger partial charge < -0.3 is 15.8 Å². The Bertz CT molecular complexity index is 521. The summed E-state index contributed by atoms with van der Waals surface area (Å²) in [6.45, 7) is 7.59. The summed E-state index contributed by atoms with van der Waals surface area (Å²) >= 11 is 0. The number of rotatable bonds is 5. The number of nitrogens with zero attached hydrogens (tertiary/aromatic N) is 1. The van der Waals surface area contributed by atoms with E-state index in [0.29, 0.717) is 30.8 Å². The number of aromatic nitrogens is 1. The molecule has 6 nitrogen and oxygen atoms in total. The zero-order valence-corrected chi connectivity index (χ0v) is 13.0. The number of anilines is 1. The molecule has 0 saturated carbocycles. The maximum atomic E-state index is 12.0. The average molecular weight is 293 g/mol. The van der Waals surface area contributed by atoms with E-state index in [4.69, 9.17) is 10.5 Å². The molecule has 1 heterocycles. The number of alkyl carbamates (subject to hydrolysis) is 1. The Morgan fingerprint density at radius 2 is 2.05 bits per heavy atom. The number of Topliss-reactive ketones (excluding diaryl/α,β-unsaturated/α-hetero) is 1. The van der Waals surface area contributed by atoms with E-state index in [2.05, 4.69) is 10.3 Å². The van der Waals surface area contributed by atoms with E-state index in [9.17, 15) is 9.59 Å². The number of hydrogen-bond acceptors (Lipinski definition) is 5. The van der Waals surface area contributed by atoms with Crippen molar-refractivity contribution in [1.29, 1.82) is 0 Å². The van der Waals surface area contributed by atoms with Crippen molar-refractivity contribution in [2.24, 2.45) is 0 Å². The van der Waals surface area contributed by atoms with Gasteiger partial charge in [-0.1, -0.05) is 0 Å². The third-order valence-corrected chi connectivity index (χ3v) is 2.69. The highest BCUT2D eigenvalue weighted by atomic mass is 16.6. The Balaban J connectivity index is 2.34. The molecule has 1 rings (SSSR count). The van der Waals surface area contributed by atoms with Gasteiger partial charge >= 0.3 is 6.09 Å². The van der Waals surface area contributed by atoms with Crippen LogP contribution in [-0.2, 0) is 4.74 Å². The summed E-state index contributed by atoms with van der Waals surface area (Å²) in [6.07, 6.45) is 1.88. The van der Waals surface area contributed by atoms with Crippen molar-refractivity contribution < 1.29 is 14.3 Å². The van der Waals surface area contributed by atoms with Gasteiger partial charge in [0, 0.05) is 24.7 Å². The summed E-state index contributed by atoms with van der Waals surface area (Å²) in [6, 6.07) is 1.73. The van der Waals surface area contributed by atoms with E-state index >= 15 is 0 Å². The Morgan fingerprint density at radius 1 is 1.38 bits per heavy atom. The molecule has 0 fully saturated rings. The molecule has 3 N–H and O–H groups in total. The summed E-state index contributed by atoms with van der Waals surface area (Å²) in [5.41, 5.74) is 6.42. The smallest absolute Gasteiger partial charge is 0.407 e. The molecule has 0 aliphatic rings. The number of pyridine rings is 1. The molecular formula is C15H23N3O3. The van der Waals surface area contributed by atoms with Gasteiger partial charge in [0.1, 0.15) is 11.4 Å². The van der Waals surface area contributed by atoms with Crippen LogP contribution in [0.15, 0.2) is 12.3 Å². The molecule has 1 aromatic heterocycles. The minimum absolute atomic E-state index is 0.0170. The standard InChI is InChI=1S/C15H23N3O3/c1-10-8-11(9-18-13(10)16)12(19)6-5-7-17-14(20)21-15(2,3)4/h8-9H,5-7H2,1-4H3,(H2,16,18)(H,17,20). The molecule has 0 unspecified atom stereocenters. The van der Waals surface area contributed by atoms with Gasteiger partial charge in [0.25, 0.3) is 0 Å². The van der Waals surface area contributed by atoms with Crippen molar-refractivity contribution in [3.8, 4) is 0 Å². The number of nitrogen functional groups attached to an aromatic ring is 1. The fraction of sp³-hybridized carbons (Fsp3) is 0.533. The molecule has 1 amide bonds. The topological polar surface area (TPSA) is 94.3 Å². The lowest BCUT2D eigenvalue weighted by molar-refractivity contribution is 0.0525. The number of hydrogen-bond donors (Lipinski definition) is 2. The van der Waals surface area contributed by atoms with Gasteiger partial charge in [0.2, 0.25) is 0 Å². The molecule has 0 bridgehead atoms. The number of aryl methyl sites for hydroxylation is 1. The Labute approximate surface area is 125 Å². The number of carbonyl (C=O) groups excluding carboxylic acids is 2. The van der Waals surface area contributed by atoms with Crippen LogP contribution >= 0.6 is 0 Å². The largest absolute Gasteiger partial charge is 0.444 e. The van der Waals surface area contributed by atoms with E-state index < -0.39 is 11.7 Å². The van der Waals surface area contributed by atoms with Crippen LogP contribution < -0.4 is 11.1 Å². The first-order chi connectivity index (χ1) is 9.69. The Kier molecular flexibility index (Phi) is 5.69. The molecular weight excluding hydrogens is 270 g/mol. The van der Waals surface area contributed by atoms with Gasteiger partial charge in [-0.3, -0.25) is 4.79 Å². The van der Waals surface area contributed by atoms with E-state index in [1.807, 2.05) is 6.92 Å². The molecule has 0 spiro atoms. The second kappa shape index (κ2) is 7.06. The van der Waals surface area contributed by atoms with Crippen molar-refractivity contribution in [3.05, 3.63) is 23.4 Å². The van der Waals surface area contributed by atoms with Crippen molar-refractivity contribution in [2.45, 2.75) is 46.1 Å². The number of amides is 1. The van der Waals surface area contributed by atoms with Gasteiger partial charge in [-0.2, -0.15) is 0 Å². The highest BCUT2D eigenvalue weighted by Crippen LogP contribution is 2.11. The van der Waals surface area contributed by atoms with E-state index in [1.165, 1.54) is 6.20 Å². The molecule has 0 radical (unpaired) electrons. The average Bonchev–Trinajstić information content (AvgIpc) is 2.35. The summed E-state index contributed by atoms with van der Waals surface area (Å²) in [5.74, 6) is 0.412. The normalized spacial score (nSPS) is 11.0. The number of carbonyl (C=O) groups is 2. The highest BCUT2D eigenvalue weighted by Gasteiger charge is 2.15. The molecule has 1 aromatic rings. The molecule has 0 atom stereocenters. The van der Waals surface area contributed by atoms with Crippen LogP contribution in [0.4, 0.5) is 10.6 Å². The maximum absolute atomic E-state index is 12.0. The van der Waals surface area contributed by atoms with Crippen LogP contribution in [0.2, 0.25) is 0 Å². The van der Waals surface area contributed by atoms with E-state index in [1.54, 1.807) is 26.8 Å². The first-order valence-corrected chi connectivity index (χ1v) is 6.91. The van der Waals surface area contributed by atoms with Crippen LogP contribution in [0, 0.1) is 6.92 Å². The Morgan fingerprint density at radius 3 is 2.62 bits per heavy atom. The molecule has 0 aliphatic carbocycles. The van der Waals surface area contributed by atoms with Crippen molar-refractivity contribution in [1.82, 2.24) is 10.3 Å². The first-order valence-electron chi connectivity index (χ1n) is 6.91. The molecule has 21 heavy (non-hydrogen) atoms. The minimum atomic E-state index is -0.521. The highest BCUT2D eigenvalue weighted by molar-refractivity contribution is 5.96. The third-order valence-electron chi connectivity index (χ3n) is 2.69. The summed E-state index contributed by atoms with van der Waals surface area (Å²) in [5, 5.41) is 2.62. The fourth-order valence-electron chi connectivity index (χ4n) is 1.64. The SMILES string of the molecule is Cc1cc(C(=O)CCCNC(=O)OC(C)(C)C)cnc1N. The van der Waals surface area contributed by atoms with Crippen molar-refractivity contribution in [3.63, 3.8) is 0 Å². The van der Waals surface area contributed by atoms with Crippen LogP contribution in [0.5, 0.6) is 0 Å². The van der Waals surface area contributed by atoms with Crippen LogP contribution in [0.25, 0.3) is 0 Å². The predicted molar refractivity (Wildman–Crippen MR) is 81.2 cm³/mol. The van der Waals surface area contributed by atoms with Gasteiger partial charge in [-0.25, -0.2) is 9.78 Å². The molecule has 116 valence electrons. The molecule has 0 saturated heterocycles. The van der Waals surface area contributed by atoms with Crippen LogP contribution in [0.1, 0.15) is 49.5 Å². The number of nitrogens with two attached hydrogens (primary N) is 1. The monoisotopic (exact) mass is 293 g/mol. The summed E-state index contributed by atoms with van der Waals surface area (Å²) in [4.78, 5) is 27.3. The van der Waals surface area contributed by atoms with Gasteiger partial charge in [-0.15, -0.1) is 0 Å². The minimum Gasteiger partial charge on any atom is -0.444 e. The quantitative estimate of drug-likeness (QED) is 0.642. The molecule has 0 aliphatic heterocycles. The molecule has 0 aromatic carbocycles. The van der Waals surface area contributed by atoms with Crippen molar-refractivity contribution in [2.75, 3.05) is 12.3 Å². The summed E-state index contributed by atoms with van der Waals surface area (Å²) < 4.78 is 5.10.